The molecule has 1 aromatic carbocycles. The highest BCUT2D eigenvalue weighted by molar-refractivity contribution is 5.73. The van der Waals surface area contributed by atoms with E-state index in [2.05, 4.69) is 59.9 Å². The Morgan fingerprint density at radius 3 is 2.03 bits per heavy atom. The highest BCUT2D eigenvalue weighted by Crippen LogP contribution is 2.32. The molecule has 4 heterocycles. The summed E-state index contributed by atoms with van der Waals surface area (Å²) in [5.74, 6) is 1.78. The number of piperazine rings is 2. The number of benzene rings is 1. The Bertz CT molecular complexity index is 981. The largest absolute Gasteiger partial charge is 0.366 e. The molecule has 0 unspecified atom stereocenters. The SMILES string of the molecule is CN1CCN(c2cc(-c3ccccc3)nnc2N2CCN(c3ncccn3)CC2)CC1. The van der Waals surface area contributed by atoms with Crippen molar-refractivity contribution < 1.29 is 0 Å². The van der Waals surface area contributed by atoms with E-state index < -0.39 is 0 Å². The molecule has 2 aliphatic rings. The fourth-order valence-electron chi connectivity index (χ4n) is 4.20. The maximum atomic E-state index is 4.74. The van der Waals surface area contributed by atoms with Gasteiger partial charge in [0, 0.05) is 70.3 Å². The predicted octanol–water partition coefficient (Wildman–Crippen LogP) is 2.01. The van der Waals surface area contributed by atoms with Crippen molar-refractivity contribution in [2.75, 3.05) is 74.1 Å². The Labute approximate surface area is 183 Å². The van der Waals surface area contributed by atoms with Crippen LogP contribution in [-0.4, -0.2) is 84.5 Å². The average molecular weight is 417 g/mol. The van der Waals surface area contributed by atoms with Gasteiger partial charge in [0.15, 0.2) is 5.82 Å². The summed E-state index contributed by atoms with van der Waals surface area (Å²) in [5, 5.41) is 9.35. The van der Waals surface area contributed by atoms with E-state index in [9.17, 15) is 0 Å². The molecule has 8 nitrogen and oxygen atoms in total. The third-order valence-corrected chi connectivity index (χ3v) is 6.08. The summed E-state index contributed by atoms with van der Waals surface area (Å²) in [6.07, 6.45) is 3.60. The van der Waals surface area contributed by atoms with Gasteiger partial charge in [-0.1, -0.05) is 30.3 Å². The third-order valence-electron chi connectivity index (χ3n) is 6.08. The Kier molecular flexibility index (Phi) is 5.62. The monoisotopic (exact) mass is 416 g/mol. The lowest BCUT2D eigenvalue weighted by molar-refractivity contribution is 0.312. The van der Waals surface area contributed by atoms with Crippen LogP contribution in [0.4, 0.5) is 17.5 Å². The zero-order chi connectivity index (χ0) is 21.0. The van der Waals surface area contributed by atoms with Gasteiger partial charge < -0.3 is 19.6 Å². The summed E-state index contributed by atoms with van der Waals surface area (Å²) in [7, 11) is 2.18. The van der Waals surface area contributed by atoms with Gasteiger partial charge in [-0.25, -0.2) is 9.97 Å². The summed E-state index contributed by atoms with van der Waals surface area (Å²) >= 11 is 0. The number of rotatable bonds is 4. The van der Waals surface area contributed by atoms with Crippen molar-refractivity contribution in [1.29, 1.82) is 0 Å². The molecular weight excluding hydrogens is 388 g/mol. The topological polar surface area (TPSA) is 64.5 Å². The van der Waals surface area contributed by atoms with E-state index in [1.165, 1.54) is 5.69 Å². The maximum Gasteiger partial charge on any atom is 0.225 e. The zero-order valence-corrected chi connectivity index (χ0v) is 17.9. The maximum absolute atomic E-state index is 4.74. The summed E-state index contributed by atoms with van der Waals surface area (Å²) in [6.45, 7) is 7.60. The molecular formula is C23H28N8. The first-order valence-corrected chi connectivity index (χ1v) is 10.9. The van der Waals surface area contributed by atoms with Crippen LogP contribution in [0.5, 0.6) is 0 Å². The van der Waals surface area contributed by atoms with E-state index >= 15 is 0 Å². The minimum atomic E-state index is 0.798. The predicted molar refractivity (Wildman–Crippen MR) is 124 cm³/mol. The van der Waals surface area contributed by atoms with Gasteiger partial charge in [0.05, 0.1) is 11.4 Å². The first-order chi connectivity index (χ1) is 15.3. The van der Waals surface area contributed by atoms with Gasteiger partial charge >= 0.3 is 0 Å². The van der Waals surface area contributed by atoms with Crippen molar-refractivity contribution in [3.8, 4) is 11.3 Å². The van der Waals surface area contributed by atoms with Gasteiger partial charge in [-0.05, 0) is 19.2 Å². The van der Waals surface area contributed by atoms with Gasteiger partial charge in [0.2, 0.25) is 5.95 Å². The number of nitrogens with zero attached hydrogens (tertiary/aromatic N) is 8. The van der Waals surface area contributed by atoms with Crippen molar-refractivity contribution in [1.82, 2.24) is 25.1 Å². The quantitative estimate of drug-likeness (QED) is 0.640. The van der Waals surface area contributed by atoms with Gasteiger partial charge in [-0.3, -0.25) is 0 Å². The number of hydrogen-bond donors (Lipinski definition) is 0. The molecule has 31 heavy (non-hydrogen) atoms. The molecule has 0 radical (unpaired) electrons. The number of aromatic nitrogens is 4. The molecule has 2 saturated heterocycles. The number of hydrogen-bond acceptors (Lipinski definition) is 8. The van der Waals surface area contributed by atoms with Gasteiger partial charge in [-0.2, -0.15) is 0 Å². The molecule has 0 atom stereocenters. The lowest BCUT2D eigenvalue weighted by atomic mass is 10.1. The first kappa shape index (κ1) is 19.7. The second-order valence-corrected chi connectivity index (χ2v) is 8.12. The highest BCUT2D eigenvalue weighted by Gasteiger charge is 2.26. The molecule has 0 aliphatic carbocycles. The second kappa shape index (κ2) is 8.85. The minimum absolute atomic E-state index is 0.798. The summed E-state index contributed by atoms with van der Waals surface area (Å²) < 4.78 is 0. The van der Waals surface area contributed by atoms with E-state index in [4.69, 9.17) is 5.10 Å². The zero-order valence-electron chi connectivity index (χ0n) is 17.9. The molecule has 2 aromatic heterocycles. The number of anilines is 3. The van der Waals surface area contributed by atoms with Crippen molar-refractivity contribution in [2.45, 2.75) is 0 Å². The van der Waals surface area contributed by atoms with Crippen LogP contribution >= 0.6 is 0 Å². The van der Waals surface area contributed by atoms with Crippen molar-refractivity contribution in [3.63, 3.8) is 0 Å². The lowest BCUT2D eigenvalue weighted by Gasteiger charge is -2.39. The second-order valence-electron chi connectivity index (χ2n) is 8.12. The lowest BCUT2D eigenvalue weighted by Crippen LogP contribution is -2.49. The molecule has 0 N–H and O–H groups in total. The standard InChI is InChI=1S/C23H28N8/c1-28-10-12-29(13-11-28)21-18-20(19-6-3-2-4-7-19)26-27-22(21)30-14-16-31(17-15-30)23-24-8-5-9-25-23/h2-9,18H,10-17H2,1H3. The van der Waals surface area contributed by atoms with Gasteiger partial charge in [-0.15, -0.1) is 10.2 Å². The Balaban J connectivity index is 1.41. The molecule has 3 aromatic rings. The van der Waals surface area contributed by atoms with Crippen molar-refractivity contribution >= 4 is 17.5 Å². The Hall–Kier alpha value is -3.26. The summed E-state index contributed by atoms with van der Waals surface area (Å²) in [6, 6.07) is 14.4. The fraction of sp³-hybridized carbons (Fsp3) is 0.391. The number of likely N-dealkylation sites (N-methyl/N-ethyl adjacent to an activating group) is 1. The molecule has 0 saturated carbocycles. The van der Waals surface area contributed by atoms with Crippen LogP contribution in [0.2, 0.25) is 0 Å². The molecule has 8 heteroatoms. The summed E-state index contributed by atoms with van der Waals surface area (Å²) in [5.41, 5.74) is 3.21. The first-order valence-electron chi connectivity index (χ1n) is 10.9. The van der Waals surface area contributed by atoms with Crippen LogP contribution in [0.15, 0.2) is 54.9 Å². The Morgan fingerprint density at radius 2 is 1.32 bits per heavy atom. The van der Waals surface area contributed by atoms with Crippen LogP contribution < -0.4 is 14.7 Å². The van der Waals surface area contributed by atoms with E-state index in [0.717, 1.165) is 75.4 Å². The van der Waals surface area contributed by atoms with E-state index in [1.807, 2.05) is 24.3 Å². The van der Waals surface area contributed by atoms with E-state index in [1.54, 1.807) is 12.4 Å². The highest BCUT2D eigenvalue weighted by atomic mass is 15.4. The van der Waals surface area contributed by atoms with Crippen LogP contribution in [0.3, 0.4) is 0 Å². The van der Waals surface area contributed by atoms with Gasteiger partial charge in [0.25, 0.3) is 0 Å². The smallest absolute Gasteiger partial charge is 0.225 e. The van der Waals surface area contributed by atoms with Crippen molar-refractivity contribution in [3.05, 3.63) is 54.9 Å². The molecule has 0 bridgehead atoms. The van der Waals surface area contributed by atoms with E-state index in [-0.39, 0.29) is 0 Å². The molecule has 0 amide bonds. The molecule has 2 fully saturated rings. The van der Waals surface area contributed by atoms with Crippen LogP contribution in [0.1, 0.15) is 0 Å². The summed E-state index contributed by atoms with van der Waals surface area (Å²) in [4.78, 5) is 18.2. The minimum Gasteiger partial charge on any atom is -0.366 e. The van der Waals surface area contributed by atoms with Gasteiger partial charge in [0.1, 0.15) is 0 Å². The van der Waals surface area contributed by atoms with Crippen molar-refractivity contribution in [2.24, 2.45) is 0 Å². The third kappa shape index (κ3) is 4.29. The van der Waals surface area contributed by atoms with Crippen LogP contribution in [0.25, 0.3) is 11.3 Å². The Morgan fingerprint density at radius 1 is 0.677 bits per heavy atom. The molecule has 0 spiro atoms. The molecule has 2 aliphatic heterocycles. The van der Waals surface area contributed by atoms with Crippen LogP contribution in [-0.2, 0) is 0 Å². The average Bonchev–Trinajstić information content (AvgIpc) is 2.85. The molecule has 160 valence electrons. The molecule has 5 rings (SSSR count). The normalized spacial score (nSPS) is 17.8. The van der Waals surface area contributed by atoms with Crippen LogP contribution in [0, 0.1) is 0 Å². The van der Waals surface area contributed by atoms with E-state index in [0.29, 0.717) is 0 Å². The fourth-order valence-corrected chi connectivity index (χ4v) is 4.20.